The van der Waals surface area contributed by atoms with E-state index in [-0.39, 0.29) is 18.0 Å². The minimum atomic E-state index is -0.565. The molecule has 4 heteroatoms. The summed E-state index contributed by atoms with van der Waals surface area (Å²) in [5.41, 5.74) is 5.50. The smallest absolute Gasteiger partial charge is 0.130 e. The second-order valence-electron chi connectivity index (χ2n) is 2.65. The lowest BCUT2D eigenvalue weighted by Crippen LogP contribution is -2.12. The van der Waals surface area contributed by atoms with Crippen LogP contribution >= 0.6 is 12.4 Å². The van der Waals surface area contributed by atoms with E-state index in [0.717, 1.165) is 0 Å². The molecule has 2 N–H and O–H groups in total. The maximum Gasteiger partial charge on any atom is 0.130 e. The zero-order chi connectivity index (χ0) is 9.14. The Kier molecular flexibility index (Phi) is 4.88. The molecule has 0 bridgehead atoms. The summed E-state index contributed by atoms with van der Waals surface area (Å²) in [5.74, 6) is -1.13. The van der Waals surface area contributed by atoms with E-state index in [1.165, 1.54) is 18.2 Å². The van der Waals surface area contributed by atoms with Gasteiger partial charge in [-0.1, -0.05) is 13.0 Å². The van der Waals surface area contributed by atoms with Gasteiger partial charge in [0.2, 0.25) is 0 Å². The highest BCUT2D eigenvalue weighted by molar-refractivity contribution is 5.85. The molecule has 0 amide bonds. The largest absolute Gasteiger partial charge is 0.324 e. The first-order valence-electron chi connectivity index (χ1n) is 3.86. The van der Waals surface area contributed by atoms with Gasteiger partial charge in [-0.15, -0.1) is 12.4 Å². The van der Waals surface area contributed by atoms with Gasteiger partial charge in [0.25, 0.3) is 0 Å². The van der Waals surface area contributed by atoms with Gasteiger partial charge in [-0.05, 0) is 18.6 Å². The molecule has 1 rings (SSSR count). The molecule has 1 aromatic rings. The Morgan fingerprint density at radius 2 is 1.77 bits per heavy atom. The number of hydrogen-bond donors (Lipinski definition) is 1. The quantitative estimate of drug-likeness (QED) is 0.793. The fourth-order valence-electron chi connectivity index (χ4n) is 1.07. The van der Waals surface area contributed by atoms with E-state index >= 15 is 0 Å². The van der Waals surface area contributed by atoms with Crippen LogP contribution in [0.5, 0.6) is 0 Å². The lowest BCUT2D eigenvalue weighted by molar-refractivity contribution is 0.520. The molecule has 0 aliphatic rings. The highest BCUT2D eigenvalue weighted by Crippen LogP contribution is 2.20. The summed E-state index contributed by atoms with van der Waals surface area (Å²) < 4.78 is 25.9. The van der Waals surface area contributed by atoms with Gasteiger partial charge in [0.15, 0.2) is 0 Å². The van der Waals surface area contributed by atoms with Crippen LogP contribution in [0.25, 0.3) is 0 Å². The standard InChI is InChI=1S/C9H11F2N.ClH/c1-2-8(12)9-6(10)4-3-5-7(9)11;/h3-5,8H,2,12H2,1H3;1H/t8-;/m1./s1. The van der Waals surface area contributed by atoms with Crippen molar-refractivity contribution in [1.82, 2.24) is 0 Å². The predicted octanol–water partition coefficient (Wildman–Crippen LogP) is 2.80. The van der Waals surface area contributed by atoms with Crippen molar-refractivity contribution in [3.63, 3.8) is 0 Å². The van der Waals surface area contributed by atoms with Gasteiger partial charge in [0.1, 0.15) is 11.6 Å². The van der Waals surface area contributed by atoms with Crippen molar-refractivity contribution in [2.24, 2.45) is 5.73 Å². The number of hydrogen-bond acceptors (Lipinski definition) is 1. The van der Waals surface area contributed by atoms with Crippen LogP contribution in [-0.4, -0.2) is 0 Å². The summed E-state index contributed by atoms with van der Waals surface area (Å²) in [7, 11) is 0. The summed E-state index contributed by atoms with van der Waals surface area (Å²) in [5, 5.41) is 0. The molecule has 0 aliphatic heterocycles. The van der Waals surface area contributed by atoms with Gasteiger partial charge in [0, 0.05) is 11.6 Å². The minimum absolute atomic E-state index is 0. The zero-order valence-corrected chi connectivity index (χ0v) is 8.07. The van der Waals surface area contributed by atoms with E-state index in [2.05, 4.69) is 0 Å². The highest BCUT2D eigenvalue weighted by atomic mass is 35.5. The summed E-state index contributed by atoms with van der Waals surface area (Å²) in [4.78, 5) is 0. The molecular formula is C9H12ClF2N. The van der Waals surface area contributed by atoms with Crippen LogP contribution in [0.1, 0.15) is 24.9 Å². The fraction of sp³-hybridized carbons (Fsp3) is 0.333. The average molecular weight is 208 g/mol. The van der Waals surface area contributed by atoms with E-state index in [9.17, 15) is 8.78 Å². The summed E-state index contributed by atoms with van der Waals surface area (Å²) in [6.45, 7) is 1.79. The van der Waals surface area contributed by atoms with Crippen molar-refractivity contribution < 1.29 is 8.78 Å². The third-order valence-corrected chi connectivity index (χ3v) is 1.81. The lowest BCUT2D eigenvalue weighted by atomic mass is 10.0. The zero-order valence-electron chi connectivity index (χ0n) is 7.26. The Labute approximate surface area is 82.4 Å². The first kappa shape index (κ1) is 12.3. The number of rotatable bonds is 2. The Balaban J connectivity index is 0.00000144. The molecule has 1 nitrogen and oxygen atoms in total. The fourth-order valence-corrected chi connectivity index (χ4v) is 1.07. The van der Waals surface area contributed by atoms with Crippen LogP contribution in [-0.2, 0) is 0 Å². The first-order chi connectivity index (χ1) is 5.66. The molecular weight excluding hydrogens is 196 g/mol. The molecule has 0 saturated heterocycles. The SMILES string of the molecule is CC[C@@H](N)c1c(F)cccc1F.Cl. The summed E-state index contributed by atoms with van der Waals surface area (Å²) in [6.07, 6.45) is 0.526. The predicted molar refractivity (Wildman–Crippen MR) is 50.8 cm³/mol. The van der Waals surface area contributed by atoms with Crippen molar-refractivity contribution in [2.75, 3.05) is 0 Å². The number of halogens is 3. The molecule has 0 unspecified atom stereocenters. The molecule has 0 spiro atoms. The third-order valence-electron chi connectivity index (χ3n) is 1.81. The van der Waals surface area contributed by atoms with Gasteiger partial charge in [0.05, 0.1) is 0 Å². The normalized spacial score (nSPS) is 12.0. The minimum Gasteiger partial charge on any atom is -0.324 e. The molecule has 13 heavy (non-hydrogen) atoms. The van der Waals surface area contributed by atoms with Crippen LogP contribution in [0.3, 0.4) is 0 Å². The van der Waals surface area contributed by atoms with Gasteiger partial charge in [-0.25, -0.2) is 8.78 Å². The third kappa shape index (κ3) is 2.64. The van der Waals surface area contributed by atoms with Crippen LogP contribution in [0.15, 0.2) is 18.2 Å². The van der Waals surface area contributed by atoms with E-state index in [1.54, 1.807) is 6.92 Å². The second-order valence-corrected chi connectivity index (χ2v) is 2.65. The molecule has 0 radical (unpaired) electrons. The lowest BCUT2D eigenvalue weighted by Gasteiger charge is -2.10. The summed E-state index contributed by atoms with van der Waals surface area (Å²) >= 11 is 0. The Morgan fingerprint density at radius 1 is 1.31 bits per heavy atom. The molecule has 0 heterocycles. The topological polar surface area (TPSA) is 26.0 Å². The molecule has 0 fully saturated rings. The average Bonchev–Trinajstić information content (AvgIpc) is 2.03. The van der Waals surface area contributed by atoms with E-state index in [4.69, 9.17) is 5.73 Å². The van der Waals surface area contributed by atoms with Crippen molar-refractivity contribution in [1.29, 1.82) is 0 Å². The van der Waals surface area contributed by atoms with Crippen LogP contribution in [0, 0.1) is 11.6 Å². The van der Waals surface area contributed by atoms with Crippen LogP contribution < -0.4 is 5.73 Å². The van der Waals surface area contributed by atoms with Crippen molar-refractivity contribution >= 4 is 12.4 Å². The van der Waals surface area contributed by atoms with Crippen LogP contribution in [0.2, 0.25) is 0 Å². The van der Waals surface area contributed by atoms with Gasteiger partial charge in [-0.3, -0.25) is 0 Å². The van der Waals surface area contributed by atoms with Crippen molar-refractivity contribution in [3.05, 3.63) is 35.4 Å². The first-order valence-corrected chi connectivity index (χ1v) is 3.86. The maximum absolute atomic E-state index is 13.0. The maximum atomic E-state index is 13.0. The van der Waals surface area contributed by atoms with E-state index < -0.39 is 17.7 Å². The number of nitrogens with two attached hydrogens (primary N) is 1. The second kappa shape index (κ2) is 5.14. The molecule has 1 atom stereocenters. The van der Waals surface area contributed by atoms with E-state index in [1.807, 2.05) is 0 Å². The molecule has 1 aromatic carbocycles. The monoisotopic (exact) mass is 207 g/mol. The van der Waals surface area contributed by atoms with Gasteiger partial charge >= 0.3 is 0 Å². The Hall–Kier alpha value is -0.670. The molecule has 0 aromatic heterocycles. The summed E-state index contributed by atoms with van der Waals surface area (Å²) in [6, 6.07) is 3.21. The molecule has 0 aliphatic carbocycles. The van der Waals surface area contributed by atoms with Crippen molar-refractivity contribution in [2.45, 2.75) is 19.4 Å². The highest BCUT2D eigenvalue weighted by Gasteiger charge is 2.13. The van der Waals surface area contributed by atoms with Gasteiger partial charge in [-0.2, -0.15) is 0 Å². The molecule has 74 valence electrons. The molecule has 0 saturated carbocycles. The van der Waals surface area contributed by atoms with Crippen LogP contribution in [0.4, 0.5) is 8.78 Å². The van der Waals surface area contributed by atoms with Crippen molar-refractivity contribution in [3.8, 4) is 0 Å². The van der Waals surface area contributed by atoms with E-state index in [0.29, 0.717) is 6.42 Å². The Bertz CT molecular complexity index is 258. The number of benzene rings is 1. The van der Waals surface area contributed by atoms with Gasteiger partial charge < -0.3 is 5.73 Å². The Morgan fingerprint density at radius 3 is 2.15 bits per heavy atom.